The molecule has 12 heteroatoms. The van der Waals surface area contributed by atoms with Gasteiger partial charge in [-0.25, -0.2) is 4.89 Å². The Hall–Kier alpha value is -2.06. The molecule has 1 fully saturated rings. The van der Waals surface area contributed by atoms with E-state index in [0.717, 1.165) is 5.56 Å². The molecule has 1 saturated heterocycles. The monoisotopic (exact) mass is 488 g/mol. The summed E-state index contributed by atoms with van der Waals surface area (Å²) >= 11 is 0.473. The Morgan fingerprint density at radius 3 is 2.16 bits per heavy atom. The van der Waals surface area contributed by atoms with E-state index in [1.807, 2.05) is 30.3 Å². The predicted octanol–water partition coefficient (Wildman–Crippen LogP) is 3.36. The minimum absolute atomic E-state index is 0.106. The van der Waals surface area contributed by atoms with Crippen molar-refractivity contribution in [1.29, 1.82) is 0 Å². The van der Waals surface area contributed by atoms with Gasteiger partial charge in [0.25, 0.3) is 0 Å². The molecule has 0 aromatic heterocycles. The highest BCUT2D eigenvalue weighted by Crippen LogP contribution is 2.42. The van der Waals surface area contributed by atoms with E-state index >= 15 is 0 Å². The zero-order valence-electron chi connectivity index (χ0n) is 17.7. The zero-order valence-corrected chi connectivity index (χ0v) is 19.3. The molecule has 0 radical (unpaired) electrons. The lowest BCUT2D eigenvalue weighted by molar-refractivity contribution is -0.447. The molecule has 2 aromatic rings. The number of rotatable bonds is 11. The van der Waals surface area contributed by atoms with Crippen LogP contribution in [0, 0.1) is 0 Å². The number of hydrogen-bond donors (Lipinski definition) is 0. The highest BCUT2D eigenvalue weighted by Gasteiger charge is 2.28. The summed E-state index contributed by atoms with van der Waals surface area (Å²) < 4.78 is 56.7. The topological polar surface area (TPSA) is 108 Å². The summed E-state index contributed by atoms with van der Waals surface area (Å²) in [5.74, 6) is 0.287. The standard InChI is InChI=1S/C20H24O10S2/c1-23-17-9-15(20-26-11-16(12-27-20)14-7-5-4-6-8-14)10-18(24-2)19(17)28-32(21,22)13-31-30-29-25-3/h4-10,16,20H,11-13H2,1-3H3. The Bertz CT molecular complexity index is 935. The SMILES string of the molecule is COOOSCS(=O)(=O)Oc1c(OC)cc(C2OCC(c3ccccc3)CO2)cc1OC. The minimum atomic E-state index is -4.08. The van der Waals surface area contributed by atoms with Crippen LogP contribution in [0.3, 0.4) is 0 Å². The molecule has 2 aromatic carbocycles. The van der Waals surface area contributed by atoms with Crippen LogP contribution in [0.25, 0.3) is 0 Å². The van der Waals surface area contributed by atoms with Crippen LogP contribution in [0.2, 0.25) is 0 Å². The van der Waals surface area contributed by atoms with Crippen molar-refractivity contribution in [2.75, 3.05) is 39.6 Å². The first kappa shape index (κ1) is 24.6. The Balaban J connectivity index is 1.73. The number of hydrogen-bond acceptors (Lipinski definition) is 11. The Morgan fingerprint density at radius 2 is 1.59 bits per heavy atom. The molecule has 1 heterocycles. The lowest BCUT2D eigenvalue weighted by atomic mass is 10.0. The van der Waals surface area contributed by atoms with Gasteiger partial charge in [-0.1, -0.05) is 35.4 Å². The van der Waals surface area contributed by atoms with Gasteiger partial charge in [0.2, 0.25) is 5.75 Å². The molecule has 0 saturated carbocycles. The average Bonchev–Trinajstić information content (AvgIpc) is 2.82. The number of ether oxygens (including phenoxy) is 4. The molecular formula is C20H24O10S2. The van der Waals surface area contributed by atoms with Crippen molar-refractivity contribution in [2.24, 2.45) is 0 Å². The lowest BCUT2D eigenvalue weighted by Crippen LogP contribution is -2.25. The first-order valence-electron chi connectivity index (χ1n) is 9.42. The maximum Gasteiger partial charge on any atom is 0.321 e. The molecule has 0 spiro atoms. The quantitative estimate of drug-likeness (QED) is 0.153. The van der Waals surface area contributed by atoms with E-state index in [0.29, 0.717) is 30.8 Å². The van der Waals surface area contributed by atoms with E-state index in [4.69, 9.17) is 23.1 Å². The second-order valence-corrected chi connectivity index (χ2v) is 9.14. The van der Waals surface area contributed by atoms with E-state index in [2.05, 4.69) is 14.3 Å². The van der Waals surface area contributed by atoms with Gasteiger partial charge in [0.1, 0.15) is 0 Å². The normalized spacial score (nSPS) is 18.8. The van der Waals surface area contributed by atoms with Crippen LogP contribution in [-0.4, -0.2) is 48.0 Å². The molecule has 3 rings (SSSR count). The Kier molecular flexibility index (Phi) is 8.99. The summed E-state index contributed by atoms with van der Waals surface area (Å²) in [7, 11) is -0.0928. The van der Waals surface area contributed by atoms with Crippen LogP contribution in [0.1, 0.15) is 23.3 Å². The van der Waals surface area contributed by atoms with Crippen molar-refractivity contribution >= 4 is 22.2 Å². The van der Waals surface area contributed by atoms with Crippen molar-refractivity contribution in [1.82, 2.24) is 0 Å². The second-order valence-electron chi connectivity index (χ2n) is 6.54. The van der Waals surface area contributed by atoms with Gasteiger partial charge in [-0.3, -0.25) is 0 Å². The minimum Gasteiger partial charge on any atom is -0.493 e. The van der Waals surface area contributed by atoms with Crippen LogP contribution in [0.15, 0.2) is 42.5 Å². The highest BCUT2D eigenvalue weighted by atomic mass is 32.3. The van der Waals surface area contributed by atoms with Crippen molar-refractivity contribution in [2.45, 2.75) is 12.2 Å². The van der Waals surface area contributed by atoms with Crippen molar-refractivity contribution < 1.29 is 45.8 Å². The second kappa shape index (κ2) is 11.7. The fourth-order valence-electron chi connectivity index (χ4n) is 3.01. The van der Waals surface area contributed by atoms with Crippen molar-refractivity contribution in [3.8, 4) is 17.2 Å². The summed E-state index contributed by atoms with van der Waals surface area (Å²) in [5, 5.41) is 3.58. The summed E-state index contributed by atoms with van der Waals surface area (Å²) in [6.45, 7) is 0.930. The van der Waals surface area contributed by atoms with E-state index < -0.39 is 21.5 Å². The summed E-state index contributed by atoms with van der Waals surface area (Å²) in [6, 6.07) is 13.1. The molecule has 0 atom stereocenters. The third-order valence-electron chi connectivity index (χ3n) is 4.47. The van der Waals surface area contributed by atoms with Gasteiger partial charge in [-0.05, 0) is 17.7 Å². The molecule has 1 aliphatic heterocycles. The first-order valence-corrected chi connectivity index (χ1v) is 11.9. The largest absolute Gasteiger partial charge is 0.493 e. The van der Waals surface area contributed by atoms with Crippen LogP contribution in [0.4, 0.5) is 0 Å². The molecular weight excluding hydrogens is 464 g/mol. The van der Waals surface area contributed by atoms with E-state index in [-0.39, 0.29) is 23.2 Å². The van der Waals surface area contributed by atoms with Gasteiger partial charge < -0.3 is 23.1 Å². The first-order chi connectivity index (χ1) is 15.5. The molecule has 0 bridgehead atoms. The molecule has 10 nitrogen and oxygen atoms in total. The lowest BCUT2D eigenvalue weighted by Gasteiger charge is -2.30. The Morgan fingerprint density at radius 1 is 0.969 bits per heavy atom. The molecule has 1 aliphatic rings. The molecule has 0 unspecified atom stereocenters. The van der Waals surface area contributed by atoms with E-state index in [9.17, 15) is 8.42 Å². The molecule has 0 aliphatic carbocycles. The molecule has 0 N–H and O–H groups in total. The average molecular weight is 489 g/mol. The zero-order chi connectivity index (χ0) is 23.0. The van der Waals surface area contributed by atoms with Crippen LogP contribution in [-0.2, 0) is 33.9 Å². The van der Waals surface area contributed by atoms with Gasteiger partial charge in [0.05, 0.1) is 46.6 Å². The predicted molar refractivity (Wildman–Crippen MR) is 115 cm³/mol. The smallest absolute Gasteiger partial charge is 0.321 e. The van der Waals surface area contributed by atoms with Crippen LogP contribution in [0.5, 0.6) is 17.2 Å². The van der Waals surface area contributed by atoms with Gasteiger partial charge in [-0.2, -0.15) is 8.42 Å². The summed E-state index contributed by atoms with van der Waals surface area (Å²) in [6.07, 6.45) is -0.668. The maximum absolute atomic E-state index is 12.3. The van der Waals surface area contributed by atoms with Crippen LogP contribution < -0.4 is 13.7 Å². The summed E-state index contributed by atoms with van der Waals surface area (Å²) in [4.78, 5) is 4.21. The van der Waals surface area contributed by atoms with Crippen molar-refractivity contribution in [3.05, 3.63) is 53.6 Å². The van der Waals surface area contributed by atoms with Gasteiger partial charge >= 0.3 is 10.1 Å². The van der Waals surface area contributed by atoms with Crippen molar-refractivity contribution in [3.63, 3.8) is 0 Å². The molecule has 0 amide bonds. The van der Waals surface area contributed by atoms with E-state index in [1.165, 1.54) is 21.3 Å². The maximum atomic E-state index is 12.3. The highest BCUT2D eigenvalue weighted by molar-refractivity contribution is 8.08. The van der Waals surface area contributed by atoms with Crippen LogP contribution >= 0.6 is 12.0 Å². The fourth-order valence-corrected chi connectivity index (χ4v) is 4.34. The third kappa shape index (κ3) is 6.48. The number of methoxy groups -OCH3 is 2. The van der Waals surface area contributed by atoms with Gasteiger partial charge in [0, 0.05) is 11.5 Å². The summed E-state index contributed by atoms with van der Waals surface area (Å²) in [5.41, 5.74) is 1.73. The Labute approximate surface area is 190 Å². The molecule has 32 heavy (non-hydrogen) atoms. The van der Waals surface area contributed by atoms with E-state index in [1.54, 1.807) is 12.1 Å². The third-order valence-corrected chi connectivity index (χ3v) is 6.58. The number of benzene rings is 2. The van der Waals surface area contributed by atoms with Gasteiger partial charge in [-0.15, -0.1) is 4.33 Å². The fraction of sp³-hybridized carbons (Fsp3) is 0.400. The molecule has 176 valence electrons. The van der Waals surface area contributed by atoms with Gasteiger partial charge in [0.15, 0.2) is 22.9 Å².